The van der Waals surface area contributed by atoms with Crippen molar-refractivity contribution in [1.29, 1.82) is 0 Å². The van der Waals surface area contributed by atoms with E-state index in [4.69, 9.17) is 29.2 Å². The van der Waals surface area contributed by atoms with Gasteiger partial charge in [-0.25, -0.2) is 0 Å². The summed E-state index contributed by atoms with van der Waals surface area (Å²) in [7, 11) is 0. The Balaban J connectivity index is 1.47. The molecule has 0 spiro atoms. The number of nitrogens with zero attached hydrogens (tertiary/aromatic N) is 2. The Morgan fingerprint density at radius 1 is 0.609 bits per heavy atom. The molecule has 0 aliphatic carbocycles. The Morgan fingerprint density at radius 3 is 1.67 bits per heavy atom. The molecule has 0 bridgehead atoms. The van der Waals surface area contributed by atoms with E-state index in [0.717, 1.165) is 63.8 Å². The van der Waals surface area contributed by atoms with E-state index >= 15 is 0 Å². The first-order chi connectivity index (χ1) is 22.5. The average molecular weight is 630 g/mol. The van der Waals surface area contributed by atoms with Crippen LogP contribution in [0, 0.1) is 13.8 Å². The zero-order valence-corrected chi connectivity index (χ0v) is 27.5. The fourth-order valence-electron chi connectivity index (χ4n) is 5.21. The summed E-state index contributed by atoms with van der Waals surface area (Å²) in [4.78, 5) is 9.22. The Bertz CT molecular complexity index is 1430. The molecule has 9 heteroatoms. The smallest absolute Gasteiger partial charge is 0.221 e. The average Bonchev–Trinajstić information content (AvgIpc) is 3.06. The van der Waals surface area contributed by atoms with Crippen LogP contribution < -0.4 is 24.3 Å². The van der Waals surface area contributed by atoms with Gasteiger partial charge >= 0.3 is 0 Å². The van der Waals surface area contributed by atoms with E-state index < -0.39 is 0 Å². The van der Waals surface area contributed by atoms with Gasteiger partial charge in [-0.3, -0.25) is 0 Å². The number of hydrogen-bond donors (Lipinski definition) is 3. The van der Waals surface area contributed by atoms with E-state index in [1.54, 1.807) is 0 Å². The number of benzene rings is 2. The van der Waals surface area contributed by atoms with Crippen LogP contribution in [0.3, 0.4) is 0 Å². The number of aromatic nitrogens is 2. The maximum Gasteiger partial charge on any atom is 0.221 e. The summed E-state index contributed by atoms with van der Waals surface area (Å²) in [5.41, 5.74) is 8.63. The molecule has 0 saturated carbocycles. The summed E-state index contributed by atoms with van der Waals surface area (Å²) in [6.07, 6.45) is 2.43. The van der Waals surface area contributed by atoms with Gasteiger partial charge in [0.25, 0.3) is 0 Å². The van der Waals surface area contributed by atoms with Gasteiger partial charge < -0.3 is 34.5 Å². The van der Waals surface area contributed by atoms with E-state index in [-0.39, 0.29) is 13.2 Å². The van der Waals surface area contributed by atoms with Crippen molar-refractivity contribution >= 4 is 0 Å². The number of nitrogens with one attached hydrogen (secondary N) is 1. The van der Waals surface area contributed by atoms with Gasteiger partial charge in [0.05, 0.1) is 19.8 Å². The molecular weight excluding hydrogens is 582 g/mol. The summed E-state index contributed by atoms with van der Waals surface area (Å²) < 4.78 is 23.8. The second-order valence-corrected chi connectivity index (χ2v) is 10.9. The highest BCUT2D eigenvalue weighted by Gasteiger charge is 2.14. The molecule has 0 radical (unpaired) electrons. The summed E-state index contributed by atoms with van der Waals surface area (Å²) in [5, 5.41) is 21.3. The van der Waals surface area contributed by atoms with Gasteiger partial charge in [-0.15, -0.1) is 0 Å². The molecule has 0 unspecified atom stereocenters. The highest BCUT2D eigenvalue weighted by molar-refractivity contribution is 5.72. The molecule has 0 saturated heterocycles. The van der Waals surface area contributed by atoms with E-state index in [1.807, 2.05) is 38.1 Å². The lowest BCUT2D eigenvalue weighted by Crippen LogP contribution is -2.18. The van der Waals surface area contributed by atoms with Crippen molar-refractivity contribution in [3.8, 4) is 34.6 Å². The van der Waals surface area contributed by atoms with Gasteiger partial charge in [-0.2, -0.15) is 9.97 Å². The van der Waals surface area contributed by atoms with Crippen LogP contribution in [-0.2, 0) is 26.2 Å². The fraction of sp³-hybridized carbons (Fsp3) is 0.405. The van der Waals surface area contributed by atoms with Crippen molar-refractivity contribution in [3.63, 3.8) is 0 Å². The van der Waals surface area contributed by atoms with Crippen LogP contribution in [0.5, 0.6) is 23.5 Å². The van der Waals surface area contributed by atoms with Crippen LogP contribution >= 0.6 is 0 Å². The van der Waals surface area contributed by atoms with Crippen LogP contribution in [0.25, 0.3) is 11.1 Å². The Hall–Kier alpha value is -4.18. The van der Waals surface area contributed by atoms with Gasteiger partial charge in [0, 0.05) is 43.0 Å². The van der Waals surface area contributed by atoms with E-state index in [9.17, 15) is 0 Å². The highest BCUT2D eigenvalue weighted by atomic mass is 16.5. The monoisotopic (exact) mass is 629 g/mol. The number of hydrogen-bond acceptors (Lipinski definition) is 9. The molecule has 4 rings (SSSR count). The maximum atomic E-state index is 9.12. The summed E-state index contributed by atoms with van der Waals surface area (Å²) >= 11 is 0. The number of ether oxygens (including phenoxy) is 4. The van der Waals surface area contributed by atoms with Crippen LogP contribution in [0.4, 0.5) is 0 Å². The summed E-state index contributed by atoms with van der Waals surface area (Å²) in [6.45, 7) is 11.2. The molecule has 246 valence electrons. The number of aliphatic hydroxyl groups excluding tert-OH is 2. The lowest BCUT2D eigenvalue weighted by atomic mass is 9.92. The zero-order chi connectivity index (χ0) is 32.7. The second-order valence-electron chi connectivity index (χ2n) is 10.9. The van der Waals surface area contributed by atoms with Crippen LogP contribution in [0.2, 0.25) is 0 Å². The quantitative estimate of drug-likeness (QED) is 0.106. The van der Waals surface area contributed by atoms with Gasteiger partial charge in [-0.1, -0.05) is 36.4 Å². The summed E-state index contributed by atoms with van der Waals surface area (Å²) in [5.74, 6) is 2.14. The van der Waals surface area contributed by atoms with Gasteiger partial charge in [0.2, 0.25) is 23.5 Å². The van der Waals surface area contributed by atoms with Gasteiger partial charge in [0.15, 0.2) is 0 Å². The molecule has 2 aromatic heterocycles. The van der Waals surface area contributed by atoms with Crippen molar-refractivity contribution in [2.45, 2.75) is 66.7 Å². The first kappa shape index (κ1) is 34.7. The number of pyridine rings is 2. The maximum absolute atomic E-state index is 9.12. The minimum atomic E-state index is 0.0734. The fourth-order valence-corrected chi connectivity index (χ4v) is 5.21. The molecule has 2 heterocycles. The third-order valence-electron chi connectivity index (χ3n) is 7.78. The molecule has 2 aromatic carbocycles. The van der Waals surface area contributed by atoms with E-state index in [1.165, 1.54) is 0 Å². The predicted octanol–water partition coefficient (Wildman–Crippen LogP) is 6.11. The van der Waals surface area contributed by atoms with Crippen LogP contribution in [-0.4, -0.2) is 53.2 Å². The third kappa shape index (κ3) is 9.42. The third-order valence-corrected chi connectivity index (χ3v) is 7.78. The first-order valence-corrected chi connectivity index (χ1v) is 16.1. The van der Waals surface area contributed by atoms with Crippen LogP contribution in [0.15, 0.2) is 60.7 Å². The van der Waals surface area contributed by atoms with Crippen molar-refractivity contribution in [2.75, 3.05) is 33.0 Å². The molecular formula is C37H47N3O6. The Labute approximate surface area is 272 Å². The Kier molecular flexibility index (Phi) is 13.6. The van der Waals surface area contributed by atoms with Crippen molar-refractivity contribution in [2.24, 2.45) is 0 Å². The number of rotatable bonds is 19. The Morgan fingerprint density at radius 2 is 1.15 bits per heavy atom. The molecule has 0 aliphatic rings. The second kappa shape index (κ2) is 18.1. The number of aliphatic hydroxyl groups is 2. The molecule has 3 N–H and O–H groups in total. The molecule has 46 heavy (non-hydrogen) atoms. The lowest BCUT2D eigenvalue weighted by Gasteiger charge is -2.17. The molecule has 0 amide bonds. The largest absolute Gasteiger partial charge is 0.478 e. The lowest BCUT2D eigenvalue weighted by molar-refractivity contribution is 0.274. The number of aryl methyl sites for hydroxylation is 1. The molecule has 4 aromatic rings. The first-order valence-electron chi connectivity index (χ1n) is 16.1. The molecule has 9 nitrogen and oxygen atoms in total. The normalized spacial score (nSPS) is 11.0. The zero-order valence-electron chi connectivity index (χ0n) is 27.5. The van der Waals surface area contributed by atoms with Crippen molar-refractivity contribution in [1.82, 2.24) is 15.3 Å². The molecule has 0 atom stereocenters. The minimum Gasteiger partial charge on any atom is -0.478 e. The van der Waals surface area contributed by atoms with Crippen molar-refractivity contribution < 1.29 is 29.2 Å². The van der Waals surface area contributed by atoms with Gasteiger partial charge in [-0.05, 0) is 92.5 Å². The predicted molar refractivity (Wildman–Crippen MR) is 180 cm³/mol. The van der Waals surface area contributed by atoms with Crippen LogP contribution in [0.1, 0.15) is 60.1 Å². The van der Waals surface area contributed by atoms with E-state index in [2.05, 4.69) is 65.5 Å². The van der Waals surface area contributed by atoms with Crippen molar-refractivity contribution in [3.05, 3.63) is 94.0 Å². The molecule has 0 aliphatic heterocycles. The summed E-state index contributed by atoms with van der Waals surface area (Å²) in [6, 6.07) is 20.2. The number of unbranched alkanes of at least 4 members (excludes halogenated alkanes) is 1. The highest BCUT2D eigenvalue weighted by Crippen LogP contribution is 2.32. The SMILES string of the molecule is CCOc1nc(OCc2cccc(-c3cccc(COc4ccc(CNCCO)c(OCC)n4)c3C)c2C)ccc1CCCCO. The molecule has 0 fully saturated rings. The topological polar surface area (TPSA) is 115 Å². The van der Waals surface area contributed by atoms with Gasteiger partial charge in [0.1, 0.15) is 13.2 Å². The standard InChI is InChI=1S/C37H47N3O6/c1-5-43-36-28(11-7-8-21-41)16-18-34(39-36)45-24-30-12-9-14-32(26(30)3)33-15-10-13-31(27(33)4)25-46-35-19-17-29(23-38-20-22-42)37(40-35)44-6-2/h9-10,12-19,38,41-42H,5-8,11,20-25H2,1-4H3. The van der Waals surface area contributed by atoms with E-state index in [0.29, 0.717) is 63.0 Å². The minimum absolute atomic E-state index is 0.0734.